The van der Waals surface area contributed by atoms with Crippen molar-refractivity contribution >= 4 is 17.3 Å². The molecule has 6 heteroatoms. The third-order valence-electron chi connectivity index (χ3n) is 3.17. The van der Waals surface area contributed by atoms with Crippen molar-refractivity contribution in [3.8, 4) is 16.3 Å². The Bertz CT molecular complexity index is 627. The number of rotatable bonds is 8. The van der Waals surface area contributed by atoms with E-state index in [4.69, 9.17) is 9.84 Å². The number of hydrogen-bond donors (Lipinski definition) is 1. The zero-order valence-corrected chi connectivity index (χ0v) is 13.6. The van der Waals surface area contributed by atoms with E-state index in [0.29, 0.717) is 6.54 Å². The Balaban J connectivity index is 2.15. The van der Waals surface area contributed by atoms with Crippen LogP contribution in [0.2, 0.25) is 0 Å². The summed E-state index contributed by atoms with van der Waals surface area (Å²) in [7, 11) is 1.64. The van der Waals surface area contributed by atoms with Crippen LogP contribution in [-0.2, 0) is 11.3 Å². The summed E-state index contributed by atoms with van der Waals surface area (Å²) in [5, 5.41) is 11.8. The second-order valence-corrected chi connectivity index (χ2v) is 5.81. The molecule has 0 spiro atoms. The molecule has 0 saturated heterocycles. The van der Waals surface area contributed by atoms with Crippen LogP contribution in [0.5, 0.6) is 5.75 Å². The van der Waals surface area contributed by atoms with E-state index in [9.17, 15) is 4.79 Å². The normalized spacial score (nSPS) is 10.9. The monoisotopic (exact) mass is 320 g/mol. The van der Waals surface area contributed by atoms with Crippen LogP contribution in [0.1, 0.15) is 19.0 Å². The quantitative estimate of drug-likeness (QED) is 0.809. The van der Waals surface area contributed by atoms with E-state index in [0.717, 1.165) is 35.0 Å². The molecule has 0 fully saturated rings. The molecule has 0 amide bonds. The maximum atomic E-state index is 10.9. The largest absolute Gasteiger partial charge is 0.496 e. The molecule has 2 aromatic rings. The van der Waals surface area contributed by atoms with Crippen molar-refractivity contribution in [1.82, 2.24) is 9.88 Å². The van der Waals surface area contributed by atoms with Gasteiger partial charge in [-0.2, -0.15) is 0 Å². The summed E-state index contributed by atoms with van der Waals surface area (Å²) in [5.74, 6) is -0.0204. The number of para-hydroxylation sites is 1. The Kier molecular flexibility index (Phi) is 5.91. The lowest BCUT2D eigenvalue weighted by atomic mass is 10.2. The van der Waals surface area contributed by atoms with E-state index < -0.39 is 5.97 Å². The zero-order chi connectivity index (χ0) is 15.9. The molecule has 0 radical (unpaired) electrons. The fraction of sp³-hybridized carbons (Fsp3) is 0.375. The maximum Gasteiger partial charge on any atom is 0.317 e. The highest BCUT2D eigenvalue weighted by Crippen LogP contribution is 2.32. The molecule has 0 aliphatic carbocycles. The number of carbonyl (C=O) groups is 1. The van der Waals surface area contributed by atoms with Crippen molar-refractivity contribution in [2.24, 2.45) is 0 Å². The first-order valence-electron chi connectivity index (χ1n) is 7.16. The number of benzene rings is 1. The van der Waals surface area contributed by atoms with Crippen LogP contribution in [-0.4, -0.2) is 41.2 Å². The number of aliphatic carboxylic acids is 1. The number of methoxy groups -OCH3 is 1. The van der Waals surface area contributed by atoms with Gasteiger partial charge in [0.1, 0.15) is 10.8 Å². The minimum atomic E-state index is -0.811. The first-order chi connectivity index (χ1) is 10.6. The van der Waals surface area contributed by atoms with Crippen LogP contribution in [0.3, 0.4) is 0 Å². The molecular formula is C16H20N2O3S. The standard InChI is InChI=1S/C16H20N2O3S/c1-3-8-18(10-15(19)20)9-12-11-22-16(17-12)13-6-4-5-7-14(13)21-2/h4-7,11H,3,8-10H2,1-2H3,(H,19,20). The molecule has 0 atom stereocenters. The van der Waals surface area contributed by atoms with Crippen LogP contribution in [0.15, 0.2) is 29.6 Å². The molecule has 0 unspecified atom stereocenters. The summed E-state index contributed by atoms with van der Waals surface area (Å²) in [6.45, 7) is 3.37. The van der Waals surface area contributed by atoms with E-state index in [1.165, 1.54) is 0 Å². The predicted octanol–water partition coefficient (Wildman–Crippen LogP) is 3.12. The summed E-state index contributed by atoms with van der Waals surface area (Å²) in [6, 6.07) is 7.76. The average Bonchev–Trinajstić information content (AvgIpc) is 2.95. The Labute approximate surface area is 134 Å². The number of aromatic nitrogens is 1. The number of thiazole rings is 1. The number of carboxylic acids is 1. The Morgan fingerprint density at radius 1 is 1.41 bits per heavy atom. The minimum absolute atomic E-state index is 0.0371. The molecule has 0 aliphatic rings. The Morgan fingerprint density at radius 2 is 2.18 bits per heavy atom. The first-order valence-corrected chi connectivity index (χ1v) is 8.04. The van der Waals surface area contributed by atoms with Gasteiger partial charge in [-0.25, -0.2) is 4.98 Å². The lowest BCUT2D eigenvalue weighted by molar-refractivity contribution is -0.138. The van der Waals surface area contributed by atoms with Gasteiger partial charge in [0, 0.05) is 11.9 Å². The molecule has 1 aromatic heterocycles. The van der Waals surface area contributed by atoms with Crippen molar-refractivity contribution in [2.75, 3.05) is 20.2 Å². The highest BCUT2D eigenvalue weighted by atomic mass is 32.1. The van der Waals surface area contributed by atoms with Gasteiger partial charge < -0.3 is 9.84 Å². The fourth-order valence-electron chi connectivity index (χ4n) is 2.28. The summed E-state index contributed by atoms with van der Waals surface area (Å²) >= 11 is 1.55. The van der Waals surface area contributed by atoms with Gasteiger partial charge in [0.25, 0.3) is 0 Å². The van der Waals surface area contributed by atoms with Gasteiger partial charge in [-0.3, -0.25) is 9.69 Å². The molecule has 1 N–H and O–H groups in total. The highest BCUT2D eigenvalue weighted by molar-refractivity contribution is 7.13. The third-order valence-corrected chi connectivity index (χ3v) is 4.10. The van der Waals surface area contributed by atoms with Gasteiger partial charge in [-0.1, -0.05) is 19.1 Å². The summed E-state index contributed by atoms with van der Waals surface area (Å²) in [4.78, 5) is 17.4. The minimum Gasteiger partial charge on any atom is -0.496 e. The fourth-order valence-corrected chi connectivity index (χ4v) is 3.12. The summed E-state index contributed by atoms with van der Waals surface area (Å²) in [6.07, 6.45) is 0.913. The van der Waals surface area contributed by atoms with Crippen LogP contribution < -0.4 is 4.74 Å². The van der Waals surface area contributed by atoms with Crippen molar-refractivity contribution in [2.45, 2.75) is 19.9 Å². The molecule has 1 aromatic carbocycles. The van der Waals surface area contributed by atoms with Crippen molar-refractivity contribution < 1.29 is 14.6 Å². The van der Waals surface area contributed by atoms with E-state index in [1.54, 1.807) is 18.4 Å². The average molecular weight is 320 g/mol. The van der Waals surface area contributed by atoms with Crippen LogP contribution >= 0.6 is 11.3 Å². The Hall–Kier alpha value is -1.92. The number of carboxylic acid groups (broad SMARTS) is 1. The van der Waals surface area contributed by atoms with E-state index in [-0.39, 0.29) is 6.54 Å². The molecular weight excluding hydrogens is 300 g/mol. The van der Waals surface area contributed by atoms with Gasteiger partial charge in [-0.15, -0.1) is 11.3 Å². The van der Waals surface area contributed by atoms with Crippen molar-refractivity contribution in [3.05, 3.63) is 35.3 Å². The van der Waals surface area contributed by atoms with Gasteiger partial charge in [0.05, 0.1) is 24.9 Å². The van der Waals surface area contributed by atoms with Gasteiger partial charge in [-0.05, 0) is 25.1 Å². The SMILES string of the molecule is CCCN(CC(=O)O)Cc1csc(-c2ccccc2OC)n1. The molecule has 1 heterocycles. The predicted molar refractivity (Wildman–Crippen MR) is 87.3 cm³/mol. The third kappa shape index (κ3) is 4.29. The van der Waals surface area contributed by atoms with E-state index >= 15 is 0 Å². The van der Waals surface area contributed by atoms with Crippen LogP contribution in [0.4, 0.5) is 0 Å². The van der Waals surface area contributed by atoms with Crippen molar-refractivity contribution in [3.63, 3.8) is 0 Å². The molecule has 0 bridgehead atoms. The smallest absolute Gasteiger partial charge is 0.317 e. The Morgan fingerprint density at radius 3 is 2.86 bits per heavy atom. The van der Waals surface area contributed by atoms with Crippen LogP contribution in [0.25, 0.3) is 10.6 Å². The lowest BCUT2D eigenvalue weighted by Crippen LogP contribution is -2.30. The number of ether oxygens (including phenoxy) is 1. The molecule has 5 nitrogen and oxygen atoms in total. The molecule has 0 saturated carbocycles. The number of hydrogen-bond acceptors (Lipinski definition) is 5. The molecule has 0 aliphatic heterocycles. The highest BCUT2D eigenvalue weighted by Gasteiger charge is 2.13. The summed E-state index contributed by atoms with van der Waals surface area (Å²) < 4.78 is 5.36. The summed E-state index contributed by atoms with van der Waals surface area (Å²) in [5.41, 5.74) is 1.85. The molecule has 2 rings (SSSR count). The first kappa shape index (κ1) is 16.5. The molecule has 118 valence electrons. The topological polar surface area (TPSA) is 62.7 Å². The van der Waals surface area contributed by atoms with E-state index in [1.807, 2.05) is 41.5 Å². The zero-order valence-electron chi connectivity index (χ0n) is 12.8. The molecule has 22 heavy (non-hydrogen) atoms. The maximum absolute atomic E-state index is 10.9. The number of nitrogens with zero attached hydrogens (tertiary/aromatic N) is 2. The van der Waals surface area contributed by atoms with Gasteiger partial charge >= 0.3 is 5.97 Å². The second-order valence-electron chi connectivity index (χ2n) is 4.95. The van der Waals surface area contributed by atoms with E-state index in [2.05, 4.69) is 4.98 Å². The van der Waals surface area contributed by atoms with Crippen molar-refractivity contribution in [1.29, 1.82) is 0 Å². The van der Waals surface area contributed by atoms with Gasteiger partial charge in [0.15, 0.2) is 0 Å². The lowest BCUT2D eigenvalue weighted by Gasteiger charge is -2.17. The van der Waals surface area contributed by atoms with Crippen LogP contribution in [0, 0.1) is 0 Å². The van der Waals surface area contributed by atoms with Gasteiger partial charge in [0.2, 0.25) is 0 Å². The second kappa shape index (κ2) is 7.91.